The number of nitrogens with zero attached hydrogens (tertiary/aromatic N) is 1. The van der Waals surface area contributed by atoms with E-state index in [1.807, 2.05) is 36.0 Å². The zero-order valence-electron chi connectivity index (χ0n) is 11.6. The van der Waals surface area contributed by atoms with E-state index in [9.17, 15) is 4.79 Å². The van der Waals surface area contributed by atoms with E-state index in [1.165, 1.54) is 5.56 Å². The van der Waals surface area contributed by atoms with E-state index in [1.54, 1.807) is 0 Å². The molecule has 0 aliphatic heterocycles. The van der Waals surface area contributed by atoms with Crippen molar-refractivity contribution in [1.29, 1.82) is 0 Å². The van der Waals surface area contributed by atoms with Crippen molar-refractivity contribution in [3.63, 3.8) is 0 Å². The minimum atomic E-state index is -0.165. The lowest BCUT2D eigenvalue weighted by Crippen LogP contribution is -2.17. The smallest absolute Gasteiger partial charge is 0.323 e. The van der Waals surface area contributed by atoms with Gasteiger partial charge >= 0.3 is 5.69 Å². The van der Waals surface area contributed by atoms with Crippen LogP contribution in [0.5, 0.6) is 0 Å². The van der Waals surface area contributed by atoms with Crippen molar-refractivity contribution in [3.8, 4) is 0 Å². The summed E-state index contributed by atoms with van der Waals surface area (Å²) in [5.74, 6) is 0. The van der Waals surface area contributed by atoms with Gasteiger partial charge < -0.3 is 19.9 Å². The predicted octanol–water partition coefficient (Wildman–Crippen LogP) is 2.05. The van der Waals surface area contributed by atoms with Gasteiger partial charge in [-0.2, -0.15) is 0 Å². The first-order valence-electron chi connectivity index (χ1n) is 6.68. The molecule has 0 aliphatic carbocycles. The summed E-state index contributed by atoms with van der Waals surface area (Å²) >= 11 is 0. The summed E-state index contributed by atoms with van der Waals surface area (Å²) in [6, 6.07) is 8.30. The molecule has 0 fully saturated rings. The first-order valence-corrected chi connectivity index (χ1v) is 6.68. The lowest BCUT2D eigenvalue weighted by atomic mass is 10.1. The Labute approximate surface area is 116 Å². The second-order valence-corrected chi connectivity index (χ2v) is 5.17. The van der Waals surface area contributed by atoms with Gasteiger partial charge in [0.2, 0.25) is 0 Å². The summed E-state index contributed by atoms with van der Waals surface area (Å²) in [6.07, 6.45) is 4.14. The number of aryl methyl sites for hydroxylation is 1. The normalized spacial score (nSPS) is 12.9. The van der Waals surface area contributed by atoms with Crippen LogP contribution in [0, 0.1) is 0 Å². The lowest BCUT2D eigenvalue weighted by Gasteiger charge is -2.13. The van der Waals surface area contributed by atoms with Gasteiger partial charge in [0.15, 0.2) is 0 Å². The van der Waals surface area contributed by atoms with Crippen LogP contribution in [0.15, 0.2) is 41.5 Å². The fourth-order valence-electron chi connectivity index (χ4n) is 2.37. The SMILES string of the molecule is CC(NCc1ccn(C)c1)c1ccc2[nH]c(=O)[nH]c2c1. The lowest BCUT2D eigenvalue weighted by molar-refractivity contribution is 0.575. The molecule has 1 unspecified atom stereocenters. The highest BCUT2D eigenvalue weighted by Gasteiger charge is 2.07. The molecule has 0 aliphatic rings. The summed E-state index contributed by atoms with van der Waals surface area (Å²) in [6.45, 7) is 2.94. The number of fused-ring (bicyclic) bond motifs is 1. The van der Waals surface area contributed by atoms with Gasteiger partial charge in [-0.3, -0.25) is 0 Å². The molecule has 0 saturated carbocycles. The molecule has 2 aromatic heterocycles. The Bertz CT molecular complexity index is 780. The molecular formula is C15H18N4O. The summed E-state index contributed by atoms with van der Waals surface area (Å²) in [5, 5.41) is 3.48. The molecule has 5 nitrogen and oxygen atoms in total. The van der Waals surface area contributed by atoms with Crippen molar-refractivity contribution in [3.05, 3.63) is 58.3 Å². The van der Waals surface area contributed by atoms with Crippen molar-refractivity contribution >= 4 is 11.0 Å². The standard InChI is InChI=1S/C15H18N4O/c1-10(16-8-11-5-6-19(2)9-11)12-3-4-13-14(7-12)18-15(20)17-13/h3-7,9-10,16H,8H2,1-2H3,(H2,17,18,20). The van der Waals surface area contributed by atoms with Gasteiger partial charge in [-0.15, -0.1) is 0 Å². The van der Waals surface area contributed by atoms with Gasteiger partial charge in [-0.05, 0) is 36.2 Å². The average Bonchev–Trinajstić information content (AvgIpc) is 2.99. The maximum atomic E-state index is 11.3. The van der Waals surface area contributed by atoms with Crippen LogP contribution in [0.3, 0.4) is 0 Å². The Morgan fingerprint density at radius 3 is 2.80 bits per heavy atom. The topological polar surface area (TPSA) is 65.6 Å². The number of benzene rings is 1. The molecule has 5 heteroatoms. The quantitative estimate of drug-likeness (QED) is 0.679. The number of aromatic nitrogens is 3. The molecule has 0 saturated heterocycles. The van der Waals surface area contributed by atoms with E-state index < -0.39 is 0 Å². The van der Waals surface area contributed by atoms with Crippen LogP contribution in [-0.4, -0.2) is 14.5 Å². The number of nitrogens with one attached hydrogen (secondary N) is 3. The predicted molar refractivity (Wildman–Crippen MR) is 79.6 cm³/mol. The van der Waals surface area contributed by atoms with E-state index in [-0.39, 0.29) is 11.7 Å². The fraction of sp³-hybridized carbons (Fsp3) is 0.267. The number of H-pyrrole nitrogens is 2. The Hall–Kier alpha value is -2.27. The second-order valence-electron chi connectivity index (χ2n) is 5.17. The van der Waals surface area contributed by atoms with Crippen LogP contribution >= 0.6 is 0 Å². The van der Waals surface area contributed by atoms with Gasteiger partial charge in [0.05, 0.1) is 11.0 Å². The third kappa shape index (κ3) is 2.53. The van der Waals surface area contributed by atoms with E-state index in [4.69, 9.17) is 0 Å². The molecule has 20 heavy (non-hydrogen) atoms. The zero-order chi connectivity index (χ0) is 14.1. The fourth-order valence-corrected chi connectivity index (χ4v) is 2.37. The number of imidazole rings is 1. The summed E-state index contributed by atoms with van der Waals surface area (Å²) in [7, 11) is 2.02. The molecule has 0 amide bonds. The van der Waals surface area contributed by atoms with Crippen LogP contribution in [0.25, 0.3) is 11.0 Å². The van der Waals surface area contributed by atoms with Crippen LogP contribution in [0.2, 0.25) is 0 Å². The Morgan fingerprint density at radius 1 is 1.25 bits per heavy atom. The zero-order valence-corrected chi connectivity index (χ0v) is 11.6. The first-order chi connectivity index (χ1) is 9.61. The molecule has 3 N–H and O–H groups in total. The molecule has 3 aromatic rings. The van der Waals surface area contributed by atoms with E-state index >= 15 is 0 Å². The van der Waals surface area contributed by atoms with Gasteiger partial charge in [0.1, 0.15) is 0 Å². The first kappa shape index (κ1) is 12.7. The van der Waals surface area contributed by atoms with Crippen molar-refractivity contribution in [1.82, 2.24) is 19.9 Å². The molecule has 1 aromatic carbocycles. The minimum absolute atomic E-state index is 0.165. The van der Waals surface area contributed by atoms with Gasteiger partial charge in [0.25, 0.3) is 0 Å². The Morgan fingerprint density at radius 2 is 2.05 bits per heavy atom. The summed E-state index contributed by atoms with van der Waals surface area (Å²) < 4.78 is 2.04. The van der Waals surface area contributed by atoms with Gasteiger partial charge in [0, 0.05) is 32.0 Å². The number of aromatic amines is 2. The molecule has 2 heterocycles. The minimum Gasteiger partial charge on any atom is -0.357 e. The van der Waals surface area contributed by atoms with Gasteiger partial charge in [-0.25, -0.2) is 4.79 Å². The van der Waals surface area contributed by atoms with Crippen LogP contribution in [0.1, 0.15) is 24.1 Å². The second kappa shape index (κ2) is 5.02. The number of hydrogen-bond acceptors (Lipinski definition) is 2. The maximum absolute atomic E-state index is 11.3. The summed E-state index contributed by atoms with van der Waals surface area (Å²) in [5.41, 5.74) is 3.94. The Balaban J connectivity index is 1.74. The van der Waals surface area contributed by atoms with E-state index in [0.29, 0.717) is 0 Å². The summed E-state index contributed by atoms with van der Waals surface area (Å²) in [4.78, 5) is 16.8. The highest BCUT2D eigenvalue weighted by molar-refractivity contribution is 5.75. The number of hydrogen-bond donors (Lipinski definition) is 3. The molecule has 0 spiro atoms. The van der Waals surface area contributed by atoms with Crippen LogP contribution < -0.4 is 11.0 Å². The molecule has 0 bridgehead atoms. The van der Waals surface area contributed by atoms with Crippen molar-refractivity contribution in [2.45, 2.75) is 19.5 Å². The number of rotatable bonds is 4. The van der Waals surface area contributed by atoms with Crippen LogP contribution in [0.4, 0.5) is 0 Å². The largest absolute Gasteiger partial charge is 0.357 e. The Kier molecular flexibility index (Phi) is 3.20. The molecule has 1 atom stereocenters. The third-order valence-electron chi connectivity index (χ3n) is 3.55. The molecular weight excluding hydrogens is 252 g/mol. The highest BCUT2D eigenvalue weighted by Crippen LogP contribution is 2.17. The monoisotopic (exact) mass is 270 g/mol. The molecule has 3 rings (SSSR count). The van der Waals surface area contributed by atoms with Crippen LogP contribution in [-0.2, 0) is 13.6 Å². The van der Waals surface area contributed by atoms with E-state index in [0.717, 1.165) is 23.1 Å². The molecule has 104 valence electrons. The average molecular weight is 270 g/mol. The van der Waals surface area contributed by atoms with Crippen molar-refractivity contribution < 1.29 is 0 Å². The molecule has 0 radical (unpaired) electrons. The van der Waals surface area contributed by atoms with Crippen molar-refractivity contribution in [2.24, 2.45) is 7.05 Å². The highest BCUT2D eigenvalue weighted by atomic mass is 16.1. The maximum Gasteiger partial charge on any atom is 0.323 e. The van der Waals surface area contributed by atoms with E-state index in [2.05, 4.69) is 34.5 Å². The third-order valence-corrected chi connectivity index (χ3v) is 3.55. The van der Waals surface area contributed by atoms with Crippen molar-refractivity contribution in [2.75, 3.05) is 0 Å². The van der Waals surface area contributed by atoms with Gasteiger partial charge in [-0.1, -0.05) is 6.07 Å².